The van der Waals surface area contributed by atoms with E-state index in [0.29, 0.717) is 18.7 Å². The average molecular weight is 518 g/mol. The summed E-state index contributed by atoms with van der Waals surface area (Å²) in [6.45, 7) is 4.35. The van der Waals surface area contributed by atoms with E-state index >= 15 is 0 Å². The molecule has 1 unspecified atom stereocenters. The van der Waals surface area contributed by atoms with Crippen LogP contribution in [-0.4, -0.2) is 34.6 Å². The molecule has 0 aromatic heterocycles. The van der Waals surface area contributed by atoms with Crippen molar-refractivity contribution in [2.45, 2.75) is 75.9 Å². The second-order valence-electron chi connectivity index (χ2n) is 8.58. The van der Waals surface area contributed by atoms with Crippen molar-refractivity contribution in [2.75, 3.05) is 5.75 Å². The first-order valence-corrected chi connectivity index (χ1v) is 13.2. The summed E-state index contributed by atoms with van der Waals surface area (Å²) in [5.41, 5.74) is 2.24. The molecule has 0 spiro atoms. The molecule has 1 atom stereocenters. The average Bonchev–Trinajstić information content (AvgIpc) is 2.80. The quantitative estimate of drug-likeness (QED) is 0.409. The van der Waals surface area contributed by atoms with Crippen molar-refractivity contribution in [2.24, 2.45) is 0 Å². The first-order chi connectivity index (χ1) is 15.4. The highest BCUT2D eigenvalue weighted by atomic mass is 79.9. The Morgan fingerprint density at radius 2 is 1.72 bits per heavy atom. The highest BCUT2D eigenvalue weighted by Gasteiger charge is 2.27. The number of rotatable bonds is 9. The Morgan fingerprint density at radius 3 is 2.38 bits per heavy atom. The minimum absolute atomic E-state index is 0.0128. The normalized spacial score (nSPS) is 15.2. The van der Waals surface area contributed by atoms with Crippen LogP contribution in [0, 0.1) is 6.92 Å². The third kappa shape index (κ3) is 7.66. The first-order valence-electron chi connectivity index (χ1n) is 11.5. The predicted octanol–water partition coefficient (Wildman–Crippen LogP) is 6.11. The van der Waals surface area contributed by atoms with Crippen LogP contribution in [-0.2, 0) is 16.1 Å². The summed E-state index contributed by atoms with van der Waals surface area (Å²) in [6.07, 6.45) is 6.04. The van der Waals surface area contributed by atoms with E-state index in [1.54, 1.807) is 16.7 Å². The van der Waals surface area contributed by atoms with Gasteiger partial charge in [0.25, 0.3) is 0 Å². The third-order valence-electron chi connectivity index (χ3n) is 5.99. The van der Waals surface area contributed by atoms with Gasteiger partial charge in [-0.05, 0) is 56.5 Å². The van der Waals surface area contributed by atoms with E-state index in [1.807, 2.05) is 31.2 Å². The number of hydrogen-bond acceptors (Lipinski definition) is 3. The molecule has 3 rings (SSSR count). The van der Waals surface area contributed by atoms with Gasteiger partial charge < -0.3 is 10.2 Å². The van der Waals surface area contributed by atoms with Gasteiger partial charge in [-0.3, -0.25) is 9.59 Å². The smallest absolute Gasteiger partial charge is 0.242 e. The molecular formula is C26H33BrN2O2S. The lowest BCUT2D eigenvalue weighted by Gasteiger charge is -2.31. The summed E-state index contributed by atoms with van der Waals surface area (Å²) >= 11 is 5.14. The van der Waals surface area contributed by atoms with Crippen LogP contribution in [0.3, 0.4) is 0 Å². The van der Waals surface area contributed by atoms with E-state index in [9.17, 15) is 9.59 Å². The van der Waals surface area contributed by atoms with E-state index in [4.69, 9.17) is 0 Å². The summed E-state index contributed by atoms with van der Waals surface area (Å²) in [5, 5.41) is 3.19. The molecule has 0 aliphatic heterocycles. The minimum atomic E-state index is -0.502. The maximum atomic E-state index is 13.2. The van der Waals surface area contributed by atoms with Crippen molar-refractivity contribution in [3.05, 3.63) is 64.1 Å². The molecule has 2 aromatic carbocycles. The molecule has 1 saturated carbocycles. The van der Waals surface area contributed by atoms with Crippen LogP contribution in [0.25, 0.3) is 0 Å². The van der Waals surface area contributed by atoms with Gasteiger partial charge >= 0.3 is 0 Å². The van der Waals surface area contributed by atoms with Gasteiger partial charge in [-0.1, -0.05) is 65.0 Å². The monoisotopic (exact) mass is 516 g/mol. The number of carbonyl (C=O) groups excluding carboxylic acids is 2. The highest BCUT2D eigenvalue weighted by molar-refractivity contribution is 9.10. The third-order valence-corrected chi connectivity index (χ3v) is 7.53. The lowest BCUT2D eigenvalue weighted by molar-refractivity contribution is -0.140. The van der Waals surface area contributed by atoms with E-state index in [2.05, 4.69) is 52.4 Å². The summed E-state index contributed by atoms with van der Waals surface area (Å²) < 4.78 is 0.997. The van der Waals surface area contributed by atoms with Gasteiger partial charge in [0.1, 0.15) is 6.04 Å². The van der Waals surface area contributed by atoms with Gasteiger partial charge in [0.2, 0.25) is 11.8 Å². The van der Waals surface area contributed by atoms with Gasteiger partial charge in [0.05, 0.1) is 0 Å². The molecule has 0 bridgehead atoms. The number of halogens is 1. The van der Waals surface area contributed by atoms with Crippen molar-refractivity contribution in [1.29, 1.82) is 0 Å². The Bertz CT molecular complexity index is 880. The molecule has 172 valence electrons. The number of aryl methyl sites for hydroxylation is 1. The molecule has 2 aromatic rings. The summed E-state index contributed by atoms with van der Waals surface area (Å²) in [5.74, 6) is 0.655. The first kappa shape index (κ1) is 24.8. The van der Waals surface area contributed by atoms with Crippen molar-refractivity contribution in [1.82, 2.24) is 10.2 Å². The number of carbonyl (C=O) groups is 2. The molecule has 6 heteroatoms. The zero-order valence-electron chi connectivity index (χ0n) is 19.0. The van der Waals surface area contributed by atoms with Crippen molar-refractivity contribution < 1.29 is 9.59 Å². The van der Waals surface area contributed by atoms with E-state index < -0.39 is 6.04 Å². The maximum Gasteiger partial charge on any atom is 0.242 e. The van der Waals surface area contributed by atoms with Crippen molar-refractivity contribution in [3.63, 3.8) is 0 Å². The van der Waals surface area contributed by atoms with Gasteiger partial charge in [-0.25, -0.2) is 0 Å². The van der Waals surface area contributed by atoms with Crippen LogP contribution in [0.15, 0.2) is 57.9 Å². The maximum absolute atomic E-state index is 13.2. The Hall–Kier alpha value is -1.79. The van der Waals surface area contributed by atoms with Gasteiger partial charge in [0, 0.05) is 34.1 Å². The molecule has 1 aliphatic carbocycles. The lowest BCUT2D eigenvalue weighted by atomic mass is 9.95. The molecule has 0 heterocycles. The van der Waals surface area contributed by atoms with Crippen LogP contribution in [0.4, 0.5) is 0 Å². The van der Waals surface area contributed by atoms with E-state index in [1.165, 1.54) is 12.0 Å². The molecule has 1 fully saturated rings. The zero-order chi connectivity index (χ0) is 22.9. The fourth-order valence-corrected chi connectivity index (χ4v) is 5.08. The Morgan fingerprint density at radius 1 is 1.06 bits per heavy atom. The molecule has 4 nitrogen and oxygen atoms in total. The van der Waals surface area contributed by atoms with Gasteiger partial charge in [-0.2, -0.15) is 0 Å². The molecule has 0 saturated heterocycles. The fraction of sp³-hybridized carbons (Fsp3) is 0.462. The summed E-state index contributed by atoms with van der Waals surface area (Å²) in [7, 11) is 0. The minimum Gasteiger partial charge on any atom is -0.352 e. The number of amides is 2. The lowest BCUT2D eigenvalue weighted by Crippen LogP contribution is -2.50. The van der Waals surface area contributed by atoms with Crippen LogP contribution in [0.5, 0.6) is 0 Å². The van der Waals surface area contributed by atoms with Gasteiger partial charge in [-0.15, -0.1) is 11.8 Å². The topological polar surface area (TPSA) is 49.4 Å². The molecule has 32 heavy (non-hydrogen) atoms. The Balaban J connectivity index is 1.64. The summed E-state index contributed by atoms with van der Waals surface area (Å²) in [4.78, 5) is 29.1. The SMILES string of the molecule is Cc1ccc(SCCC(=O)N(Cc2ccc(Br)cc2)C(C)C(=O)NC2CCCCC2)cc1. The van der Waals surface area contributed by atoms with Crippen LogP contribution in [0.2, 0.25) is 0 Å². The number of thioether (sulfide) groups is 1. The van der Waals surface area contributed by atoms with E-state index in [-0.39, 0.29) is 17.9 Å². The largest absolute Gasteiger partial charge is 0.352 e. The number of nitrogens with zero attached hydrogens (tertiary/aromatic N) is 1. The number of nitrogens with one attached hydrogen (secondary N) is 1. The molecule has 2 amide bonds. The Kier molecular flexibility index (Phi) is 9.67. The molecular weight excluding hydrogens is 484 g/mol. The molecule has 1 aliphatic rings. The standard InChI is InChI=1S/C26H33BrN2O2S/c1-19-8-14-24(15-9-19)32-17-16-25(30)29(18-21-10-12-22(27)13-11-21)20(2)26(31)28-23-6-4-3-5-7-23/h8-15,20,23H,3-7,16-18H2,1-2H3,(H,28,31). The van der Waals surface area contributed by atoms with Crippen LogP contribution < -0.4 is 5.32 Å². The second kappa shape index (κ2) is 12.4. The molecule has 1 N–H and O–H groups in total. The van der Waals surface area contributed by atoms with Crippen LogP contribution >= 0.6 is 27.7 Å². The van der Waals surface area contributed by atoms with Crippen molar-refractivity contribution >= 4 is 39.5 Å². The fourth-order valence-electron chi connectivity index (χ4n) is 3.97. The number of benzene rings is 2. The number of hydrogen-bond donors (Lipinski definition) is 1. The highest BCUT2D eigenvalue weighted by Crippen LogP contribution is 2.22. The van der Waals surface area contributed by atoms with Crippen LogP contribution in [0.1, 0.15) is 56.6 Å². The second-order valence-corrected chi connectivity index (χ2v) is 10.7. The zero-order valence-corrected chi connectivity index (χ0v) is 21.4. The van der Waals surface area contributed by atoms with Crippen molar-refractivity contribution in [3.8, 4) is 0 Å². The van der Waals surface area contributed by atoms with Gasteiger partial charge in [0.15, 0.2) is 0 Å². The summed E-state index contributed by atoms with van der Waals surface area (Å²) in [6, 6.07) is 16.0. The molecule has 0 radical (unpaired) electrons. The predicted molar refractivity (Wildman–Crippen MR) is 136 cm³/mol. The Labute approximate surface area is 204 Å². The van der Waals surface area contributed by atoms with E-state index in [0.717, 1.165) is 40.6 Å².